The van der Waals surface area contributed by atoms with E-state index >= 15 is 0 Å². The summed E-state index contributed by atoms with van der Waals surface area (Å²) >= 11 is 0. The van der Waals surface area contributed by atoms with Crippen molar-refractivity contribution in [2.24, 2.45) is 11.8 Å². The predicted molar refractivity (Wildman–Crippen MR) is 82.6 cm³/mol. The highest BCUT2D eigenvalue weighted by atomic mass is 16.5. The van der Waals surface area contributed by atoms with Gasteiger partial charge >= 0.3 is 0 Å². The van der Waals surface area contributed by atoms with Crippen molar-refractivity contribution < 1.29 is 24.2 Å². The minimum atomic E-state index is -0.708. The summed E-state index contributed by atoms with van der Waals surface area (Å²) in [6.45, 7) is 5.55. The summed E-state index contributed by atoms with van der Waals surface area (Å²) in [5.41, 5.74) is -0.258. The zero-order valence-corrected chi connectivity index (χ0v) is 13.5. The van der Waals surface area contributed by atoms with Crippen molar-refractivity contribution in [2.45, 2.75) is 45.3 Å². The molecule has 2 aliphatic rings. The topological polar surface area (TPSA) is 80.7 Å². The van der Waals surface area contributed by atoms with E-state index in [1.165, 1.54) is 18.2 Å². The summed E-state index contributed by atoms with van der Waals surface area (Å²) in [7, 11) is 0. The molecule has 0 unspecified atom stereocenters. The zero-order valence-electron chi connectivity index (χ0n) is 13.5. The summed E-state index contributed by atoms with van der Waals surface area (Å²) in [5.74, 6) is -2.21. The highest BCUT2D eigenvalue weighted by Gasteiger charge is 2.51. The van der Waals surface area contributed by atoms with E-state index in [0.717, 1.165) is 0 Å². The fraction of sp³-hybridized carbons (Fsp3) is 0.500. The maximum absolute atomic E-state index is 12.9. The summed E-state index contributed by atoms with van der Waals surface area (Å²) in [4.78, 5) is 37.7. The van der Waals surface area contributed by atoms with Gasteiger partial charge in [-0.2, -0.15) is 0 Å². The van der Waals surface area contributed by atoms with Crippen LogP contribution in [0.5, 0.6) is 5.75 Å². The van der Waals surface area contributed by atoms with Crippen molar-refractivity contribution in [3.05, 3.63) is 29.3 Å². The molecule has 1 saturated carbocycles. The summed E-state index contributed by atoms with van der Waals surface area (Å²) < 4.78 is 5.92. The van der Waals surface area contributed by atoms with Crippen LogP contribution in [-0.4, -0.2) is 34.2 Å². The number of phenolic OH excluding ortho intramolecular Hbond substituents is 1. The average Bonchev–Trinajstić information content (AvgIpc) is 2.42. The zero-order chi connectivity index (χ0) is 16.9. The second-order valence-corrected chi connectivity index (χ2v) is 7.28. The van der Waals surface area contributed by atoms with Gasteiger partial charge in [-0.15, -0.1) is 0 Å². The minimum absolute atomic E-state index is 0.0638. The maximum atomic E-state index is 12.9. The number of carbonyl (C=O) groups excluding carboxylic acids is 3. The highest BCUT2D eigenvalue weighted by Crippen LogP contribution is 2.43. The Morgan fingerprint density at radius 3 is 2.43 bits per heavy atom. The van der Waals surface area contributed by atoms with E-state index in [1.807, 2.05) is 20.8 Å². The Labute approximate surface area is 134 Å². The van der Waals surface area contributed by atoms with E-state index in [9.17, 15) is 19.5 Å². The number of rotatable bonds is 1. The van der Waals surface area contributed by atoms with Crippen LogP contribution < -0.4 is 0 Å². The molecular weight excluding hydrogens is 296 g/mol. The van der Waals surface area contributed by atoms with Crippen LogP contribution in [0, 0.1) is 11.8 Å². The fourth-order valence-electron chi connectivity index (χ4n) is 3.61. The molecule has 0 radical (unpaired) electrons. The van der Waals surface area contributed by atoms with Crippen molar-refractivity contribution in [1.29, 1.82) is 0 Å². The Morgan fingerprint density at radius 1 is 1.09 bits per heavy atom. The van der Waals surface area contributed by atoms with Crippen LogP contribution in [0.15, 0.2) is 18.2 Å². The van der Waals surface area contributed by atoms with Crippen LogP contribution in [0.3, 0.4) is 0 Å². The van der Waals surface area contributed by atoms with E-state index in [1.54, 1.807) is 0 Å². The lowest BCUT2D eigenvalue weighted by Gasteiger charge is -2.41. The molecule has 0 aromatic heterocycles. The van der Waals surface area contributed by atoms with Gasteiger partial charge in [0.15, 0.2) is 11.6 Å². The summed E-state index contributed by atoms with van der Waals surface area (Å²) in [5, 5.41) is 10.0. The molecule has 0 amide bonds. The molecule has 0 saturated heterocycles. The van der Waals surface area contributed by atoms with E-state index < -0.39 is 23.5 Å². The van der Waals surface area contributed by atoms with Crippen LogP contribution in [0.4, 0.5) is 0 Å². The molecule has 122 valence electrons. The number of hydrogen-bond acceptors (Lipinski definition) is 5. The molecule has 0 aliphatic heterocycles. The largest absolute Gasteiger partial charge is 0.507 e. The molecular formula is C18H20O5. The van der Waals surface area contributed by atoms with Gasteiger partial charge < -0.3 is 9.84 Å². The van der Waals surface area contributed by atoms with E-state index in [4.69, 9.17) is 4.74 Å². The first-order valence-corrected chi connectivity index (χ1v) is 7.79. The normalized spacial score (nSPS) is 27.6. The summed E-state index contributed by atoms with van der Waals surface area (Å²) in [6, 6.07) is 4.47. The first kappa shape index (κ1) is 15.9. The molecule has 2 aliphatic carbocycles. The van der Waals surface area contributed by atoms with Gasteiger partial charge in [0.05, 0.1) is 23.2 Å². The third-order valence-electron chi connectivity index (χ3n) is 4.41. The lowest BCUT2D eigenvalue weighted by Crippen LogP contribution is -2.50. The molecule has 23 heavy (non-hydrogen) atoms. The van der Waals surface area contributed by atoms with Crippen LogP contribution in [0.1, 0.15) is 54.3 Å². The van der Waals surface area contributed by atoms with Gasteiger partial charge in [-0.3, -0.25) is 14.4 Å². The molecule has 3 atom stereocenters. The first-order valence-electron chi connectivity index (χ1n) is 7.79. The van der Waals surface area contributed by atoms with E-state index in [0.29, 0.717) is 0 Å². The Kier molecular flexibility index (Phi) is 3.64. The van der Waals surface area contributed by atoms with Crippen molar-refractivity contribution in [3.8, 4) is 5.75 Å². The maximum Gasteiger partial charge on any atom is 0.173 e. The molecule has 1 N–H and O–H groups in total. The van der Waals surface area contributed by atoms with Crippen molar-refractivity contribution >= 4 is 17.3 Å². The van der Waals surface area contributed by atoms with Crippen LogP contribution in [0.2, 0.25) is 0 Å². The lowest BCUT2D eigenvalue weighted by atomic mass is 9.65. The highest BCUT2D eigenvalue weighted by molar-refractivity contribution is 6.18. The van der Waals surface area contributed by atoms with Crippen LogP contribution in [0.25, 0.3) is 0 Å². The van der Waals surface area contributed by atoms with Gasteiger partial charge in [0.2, 0.25) is 0 Å². The van der Waals surface area contributed by atoms with Gasteiger partial charge in [-0.05, 0) is 26.8 Å². The number of ether oxygens (including phenoxy) is 1. The standard InChI is InChI=1S/C18H20O5/c1-18(2,3)23-13-8-9(19)7-11-15(13)17(22)14-10(16(11)21)5-4-6-12(14)20/h4-6,11,13,15,20H,7-8H2,1-3H3/t11-,13+,15+/m1/s1. The smallest absolute Gasteiger partial charge is 0.173 e. The van der Waals surface area contributed by atoms with Gasteiger partial charge in [0.1, 0.15) is 11.5 Å². The number of hydrogen-bond donors (Lipinski definition) is 1. The van der Waals surface area contributed by atoms with Crippen LogP contribution in [-0.2, 0) is 9.53 Å². The molecule has 1 fully saturated rings. The number of benzene rings is 1. The Hall–Kier alpha value is -2.01. The molecule has 5 nitrogen and oxygen atoms in total. The number of Topliss-reactive ketones (excluding diaryl/α,β-unsaturated/α-hetero) is 3. The van der Waals surface area contributed by atoms with Gasteiger partial charge in [0.25, 0.3) is 0 Å². The third kappa shape index (κ3) is 2.70. The van der Waals surface area contributed by atoms with E-state index in [2.05, 4.69) is 0 Å². The number of phenols is 1. The first-order chi connectivity index (χ1) is 10.7. The van der Waals surface area contributed by atoms with Gasteiger partial charge in [-0.1, -0.05) is 12.1 Å². The van der Waals surface area contributed by atoms with Crippen LogP contribution >= 0.6 is 0 Å². The average molecular weight is 316 g/mol. The molecule has 1 aromatic rings. The second-order valence-electron chi connectivity index (χ2n) is 7.28. The monoisotopic (exact) mass is 316 g/mol. The second kappa shape index (κ2) is 5.27. The van der Waals surface area contributed by atoms with E-state index in [-0.39, 0.29) is 47.1 Å². The molecule has 0 bridgehead atoms. The molecule has 0 spiro atoms. The number of aromatic hydroxyl groups is 1. The predicted octanol–water partition coefficient (Wildman–Crippen LogP) is 2.55. The van der Waals surface area contributed by atoms with Crippen molar-refractivity contribution in [2.75, 3.05) is 0 Å². The van der Waals surface area contributed by atoms with Gasteiger partial charge in [-0.25, -0.2) is 0 Å². The third-order valence-corrected chi connectivity index (χ3v) is 4.41. The SMILES string of the molecule is CC(C)(C)O[C@H]1CC(=O)C[C@H]2C(=O)c3cccc(O)c3C(=O)[C@H]12. The lowest BCUT2D eigenvalue weighted by molar-refractivity contribution is -0.137. The summed E-state index contributed by atoms with van der Waals surface area (Å²) in [6.07, 6.45) is -0.445. The molecule has 1 aromatic carbocycles. The quantitative estimate of drug-likeness (QED) is 0.861. The van der Waals surface area contributed by atoms with Gasteiger partial charge in [0, 0.05) is 24.3 Å². The molecule has 3 rings (SSSR count). The molecule has 5 heteroatoms. The minimum Gasteiger partial charge on any atom is -0.507 e. The number of carbonyl (C=O) groups is 3. The fourth-order valence-corrected chi connectivity index (χ4v) is 3.61. The number of fused-ring (bicyclic) bond motifs is 2. The van der Waals surface area contributed by atoms with Crippen molar-refractivity contribution in [3.63, 3.8) is 0 Å². The number of ketones is 3. The van der Waals surface area contributed by atoms with Crippen molar-refractivity contribution in [1.82, 2.24) is 0 Å². The molecule has 0 heterocycles. The Morgan fingerprint density at radius 2 is 1.78 bits per heavy atom. The Bertz CT molecular complexity index is 698. The Balaban J connectivity index is 2.09.